The second-order valence-electron chi connectivity index (χ2n) is 4.20. The number of nitro benzene ring substituents is 1. The molecule has 1 unspecified atom stereocenters. The first kappa shape index (κ1) is 23.2. The fourth-order valence-electron chi connectivity index (χ4n) is 1.62. The van der Waals surface area contributed by atoms with Crippen molar-refractivity contribution in [2.75, 3.05) is 31.7 Å². The Morgan fingerprint density at radius 2 is 2.00 bits per heavy atom. The number of hydrogen-bond donors (Lipinski definition) is 1. The number of nitro groups is 1. The summed E-state index contributed by atoms with van der Waals surface area (Å²) in [5.41, 5.74) is 0.732. The SMILES string of the molecule is [CH2-]C(O)COC.[CH2-]CCN(C[CH2-])c1ccccc1[N+](=O)[O-].[Li+]. The molecule has 0 radical (unpaired) electrons. The average Bonchev–Trinajstić information content (AvgIpc) is 2.45. The monoisotopic (exact) mass is 302 g/mol. The molecule has 0 saturated carbocycles. The molecule has 1 rings (SSSR count). The first-order chi connectivity index (χ1) is 9.97. The van der Waals surface area contributed by atoms with E-state index in [1.165, 1.54) is 13.2 Å². The molecule has 0 fully saturated rings. The van der Waals surface area contributed by atoms with Crippen molar-refractivity contribution in [2.45, 2.75) is 12.5 Å². The van der Waals surface area contributed by atoms with Gasteiger partial charge in [-0.2, -0.15) is 6.42 Å². The van der Waals surface area contributed by atoms with Crippen molar-refractivity contribution in [1.82, 2.24) is 0 Å². The summed E-state index contributed by atoms with van der Waals surface area (Å²) in [4.78, 5) is 12.3. The molecule has 1 aromatic carbocycles. The zero-order valence-corrected chi connectivity index (χ0v) is 13.4. The number of nitrogens with zero attached hydrogens (tertiary/aromatic N) is 2. The van der Waals surface area contributed by atoms with Crippen LogP contribution >= 0.6 is 0 Å². The van der Waals surface area contributed by atoms with Crippen LogP contribution < -0.4 is 23.8 Å². The molecule has 0 heterocycles. The number of ether oxygens (including phenoxy) is 1. The topological polar surface area (TPSA) is 75.8 Å². The molecule has 0 amide bonds. The molecule has 0 aliphatic carbocycles. The van der Waals surface area contributed by atoms with Gasteiger partial charge in [-0.3, -0.25) is 10.1 Å². The number of para-hydroxylation sites is 2. The van der Waals surface area contributed by atoms with Gasteiger partial charge in [0.1, 0.15) is 5.69 Å². The van der Waals surface area contributed by atoms with Gasteiger partial charge in [-0.15, -0.1) is 6.54 Å². The Labute approximate surface area is 144 Å². The minimum Gasteiger partial charge on any atom is -0.423 e. The van der Waals surface area contributed by atoms with Gasteiger partial charge in [0, 0.05) is 19.8 Å². The van der Waals surface area contributed by atoms with Crippen molar-refractivity contribution >= 4 is 11.4 Å². The van der Waals surface area contributed by atoms with Crippen LogP contribution in [0.3, 0.4) is 0 Å². The zero-order valence-electron chi connectivity index (χ0n) is 13.4. The van der Waals surface area contributed by atoms with Crippen LogP contribution in [0, 0.1) is 30.9 Å². The van der Waals surface area contributed by atoms with Gasteiger partial charge in [0.05, 0.1) is 4.92 Å². The van der Waals surface area contributed by atoms with E-state index in [0.717, 1.165) is 0 Å². The van der Waals surface area contributed by atoms with Gasteiger partial charge in [0.25, 0.3) is 5.69 Å². The molecule has 1 atom stereocenters. The van der Waals surface area contributed by atoms with E-state index in [-0.39, 0.29) is 29.5 Å². The van der Waals surface area contributed by atoms with Crippen molar-refractivity contribution in [3.8, 4) is 0 Å². The van der Waals surface area contributed by atoms with E-state index in [1.807, 2.05) is 4.90 Å². The summed E-state index contributed by atoms with van der Waals surface area (Å²) < 4.78 is 4.49. The van der Waals surface area contributed by atoms with Gasteiger partial charge in [-0.25, -0.2) is 0 Å². The molecule has 120 valence electrons. The third-order valence-electron chi connectivity index (χ3n) is 2.48. The van der Waals surface area contributed by atoms with Crippen LogP contribution in [0.15, 0.2) is 24.3 Å². The molecule has 7 heteroatoms. The number of aliphatic hydroxyl groups excluding tert-OH is 1. The van der Waals surface area contributed by atoms with Gasteiger partial charge in [0.2, 0.25) is 0 Å². The Hall–Kier alpha value is -1.06. The first-order valence-electron chi connectivity index (χ1n) is 6.54. The maximum Gasteiger partial charge on any atom is 1.00 e. The van der Waals surface area contributed by atoms with Crippen molar-refractivity contribution in [2.24, 2.45) is 0 Å². The van der Waals surface area contributed by atoms with E-state index >= 15 is 0 Å². The normalized spacial score (nSPS) is 10.8. The van der Waals surface area contributed by atoms with Gasteiger partial charge in [-0.1, -0.05) is 12.1 Å². The third kappa shape index (κ3) is 9.06. The molecule has 0 bridgehead atoms. The van der Waals surface area contributed by atoms with Crippen LogP contribution in [0.5, 0.6) is 0 Å². The minimum atomic E-state index is -0.574. The summed E-state index contributed by atoms with van der Waals surface area (Å²) >= 11 is 0. The van der Waals surface area contributed by atoms with Crippen LogP contribution in [0.25, 0.3) is 0 Å². The van der Waals surface area contributed by atoms with Crippen molar-refractivity contribution in [3.63, 3.8) is 0 Å². The van der Waals surface area contributed by atoms with Crippen molar-refractivity contribution < 1.29 is 33.6 Å². The van der Waals surface area contributed by atoms with Gasteiger partial charge < -0.3 is 35.5 Å². The molecule has 6 nitrogen and oxygen atoms in total. The Morgan fingerprint density at radius 1 is 1.41 bits per heavy atom. The van der Waals surface area contributed by atoms with E-state index in [9.17, 15) is 10.1 Å². The summed E-state index contributed by atoms with van der Waals surface area (Å²) in [5, 5.41) is 19.1. The van der Waals surface area contributed by atoms with Crippen LogP contribution in [0.4, 0.5) is 11.4 Å². The number of methoxy groups -OCH3 is 1. The Morgan fingerprint density at radius 3 is 2.36 bits per heavy atom. The maximum atomic E-state index is 10.8. The second kappa shape index (κ2) is 13.6. The predicted octanol–water partition coefficient (Wildman–Crippen LogP) is -0.709. The largest absolute Gasteiger partial charge is 1.00 e. The van der Waals surface area contributed by atoms with Crippen LogP contribution in [0.2, 0.25) is 0 Å². The summed E-state index contributed by atoms with van der Waals surface area (Å²) in [7, 11) is 1.52. The fraction of sp³-hybridized carbons (Fsp3) is 0.400. The number of benzene rings is 1. The van der Waals surface area contributed by atoms with E-state index in [1.54, 1.807) is 18.2 Å². The molecule has 0 saturated heterocycles. The molecule has 0 aliphatic rings. The van der Waals surface area contributed by atoms with E-state index in [2.05, 4.69) is 25.5 Å². The van der Waals surface area contributed by atoms with Crippen LogP contribution in [-0.2, 0) is 4.74 Å². The van der Waals surface area contributed by atoms with Crippen molar-refractivity contribution in [3.05, 3.63) is 55.2 Å². The van der Waals surface area contributed by atoms with E-state index in [4.69, 9.17) is 5.11 Å². The Balaban J connectivity index is 0. The maximum absolute atomic E-state index is 10.8. The minimum absolute atomic E-state index is 0. The Bertz CT molecular complexity index is 416. The number of aliphatic hydroxyl groups is 1. The Kier molecular flexibility index (Phi) is 14.3. The molecule has 0 aliphatic heterocycles. The fourth-order valence-corrected chi connectivity index (χ4v) is 1.62. The molecule has 22 heavy (non-hydrogen) atoms. The quantitative estimate of drug-likeness (QED) is 0.312. The third-order valence-corrected chi connectivity index (χ3v) is 2.48. The average molecular weight is 302 g/mol. The number of anilines is 1. The molecule has 0 spiro atoms. The predicted molar refractivity (Wildman–Crippen MR) is 83.9 cm³/mol. The van der Waals surface area contributed by atoms with Gasteiger partial charge in [-0.05, 0) is 18.7 Å². The molecular formula is C15H23LiN2O4-2. The first-order valence-corrected chi connectivity index (χ1v) is 6.54. The molecular weight excluding hydrogens is 279 g/mol. The molecule has 1 aromatic rings. The summed E-state index contributed by atoms with van der Waals surface area (Å²) in [5.74, 6) is 0. The second-order valence-corrected chi connectivity index (χ2v) is 4.20. The smallest absolute Gasteiger partial charge is 0.423 e. The van der Waals surface area contributed by atoms with Gasteiger partial charge >= 0.3 is 18.9 Å². The van der Waals surface area contributed by atoms with Crippen LogP contribution in [0.1, 0.15) is 6.42 Å². The molecule has 1 N–H and O–H groups in total. The summed E-state index contributed by atoms with van der Waals surface area (Å²) in [6, 6.07) is 6.68. The molecule has 0 aromatic heterocycles. The van der Waals surface area contributed by atoms with Gasteiger partial charge in [0.15, 0.2) is 0 Å². The summed E-state index contributed by atoms with van der Waals surface area (Å²) in [6.45, 7) is 12.2. The van der Waals surface area contributed by atoms with E-state index < -0.39 is 6.10 Å². The standard InChI is InChI=1S/C11H14N2O2.C4H9O2.Li/c1-3-9-12(4-2)10-7-5-6-8-11(10)13(14)15;1-4(5)3-6-2;/h5-8H,1-4,9H2;4-5H,1,3H2,2H3;/q-2;-1;+1. The summed E-state index contributed by atoms with van der Waals surface area (Å²) in [6.07, 6.45) is 0.122. The number of rotatable bonds is 7. The van der Waals surface area contributed by atoms with Crippen molar-refractivity contribution in [1.29, 1.82) is 0 Å². The zero-order chi connectivity index (χ0) is 16.3. The number of hydrogen-bond acceptors (Lipinski definition) is 5. The van der Waals surface area contributed by atoms with E-state index in [0.29, 0.717) is 31.8 Å². The van der Waals surface area contributed by atoms with Crippen LogP contribution in [-0.4, -0.2) is 42.9 Å².